The number of carbonyl (C=O) groups is 2. The smallest absolute Gasteiger partial charge is 0.264 e. The fourth-order valence-corrected chi connectivity index (χ4v) is 3.89. The molecule has 4 rings (SSSR count). The number of hydrogen-bond donors (Lipinski definition) is 1. The fourth-order valence-electron chi connectivity index (χ4n) is 3.70. The van der Waals surface area contributed by atoms with Crippen LogP contribution in [-0.2, 0) is 21.7 Å². The van der Waals surface area contributed by atoms with Crippen molar-refractivity contribution in [3.8, 4) is 0 Å². The Hall–Kier alpha value is -3.21. The highest BCUT2D eigenvalue weighted by molar-refractivity contribution is 6.31. The minimum atomic E-state index is -1.91. The van der Waals surface area contributed by atoms with E-state index in [-0.39, 0.29) is 18.7 Å². The summed E-state index contributed by atoms with van der Waals surface area (Å²) in [5.74, 6) is -0.853. The highest BCUT2D eigenvalue weighted by Gasteiger charge is 2.50. The number of ketones is 1. The third kappa shape index (κ3) is 3.80. The highest BCUT2D eigenvalue weighted by atomic mass is 35.5. The summed E-state index contributed by atoms with van der Waals surface area (Å²) in [5, 5.41) is 11.9. The van der Waals surface area contributed by atoms with Crippen molar-refractivity contribution < 1.29 is 14.7 Å². The Labute approximate surface area is 180 Å². The van der Waals surface area contributed by atoms with E-state index >= 15 is 0 Å². The van der Waals surface area contributed by atoms with E-state index in [0.717, 1.165) is 11.1 Å². The normalized spacial score (nSPS) is 18.1. The van der Waals surface area contributed by atoms with Crippen LogP contribution in [0, 0.1) is 0 Å². The number of para-hydroxylation sites is 1. The van der Waals surface area contributed by atoms with Crippen LogP contribution in [-0.4, -0.2) is 16.8 Å². The second-order valence-corrected chi connectivity index (χ2v) is 7.65. The molecule has 1 unspecified atom stereocenters. The molecule has 0 spiro atoms. The summed E-state index contributed by atoms with van der Waals surface area (Å²) < 4.78 is 0. The van der Waals surface area contributed by atoms with Crippen LogP contribution in [0.25, 0.3) is 6.08 Å². The molecule has 1 N–H and O–H groups in total. The molecular formula is C25H20ClNO3. The van der Waals surface area contributed by atoms with Crippen LogP contribution in [0.3, 0.4) is 0 Å². The zero-order chi connectivity index (χ0) is 21.1. The molecule has 3 aromatic carbocycles. The van der Waals surface area contributed by atoms with E-state index in [9.17, 15) is 14.7 Å². The van der Waals surface area contributed by atoms with Gasteiger partial charge in [0.25, 0.3) is 5.91 Å². The zero-order valence-corrected chi connectivity index (χ0v) is 16.9. The van der Waals surface area contributed by atoms with Crippen LogP contribution in [0.2, 0.25) is 5.02 Å². The molecule has 5 heteroatoms. The van der Waals surface area contributed by atoms with Gasteiger partial charge in [-0.1, -0.05) is 84.4 Å². The van der Waals surface area contributed by atoms with Crippen LogP contribution in [0.15, 0.2) is 84.9 Å². The number of amides is 1. The molecule has 4 nitrogen and oxygen atoms in total. The number of benzene rings is 3. The Kier molecular flexibility index (Phi) is 5.53. The number of aliphatic hydroxyl groups is 1. The lowest BCUT2D eigenvalue weighted by Gasteiger charge is -2.22. The number of allylic oxidation sites excluding steroid dienone is 1. The van der Waals surface area contributed by atoms with Gasteiger partial charge in [-0.2, -0.15) is 0 Å². The Balaban J connectivity index is 1.61. The Morgan fingerprint density at radius 1 is 0.967 bits per heavy atom. The summed E-state index contributed by atoms with van der Waals surface area (Å²) >= 11 is 6.27. The third-order valence-corrected chi connectivity index (χ3v) is 5.59. The zero-order valence-electron chi connectivity index (χ0n) is 16.2. The van der Waals surface area contributed by atoms with E-state index in [1.165, 1.54) is 11.0 Å². The van der Waals surface area contributed by atoms with Crippen molar-refractivity contribution in [1.82, 2.24) is 0 Å². The first kappa shape index (κ1) is 20.1. The Morgan fingerprint density at radius 2 is 1.63 bits per heavy atom. The standard InChI is InChI=1S/C25H20ClNO3/c26-22-12-6-4-10-19(22)17-27-23-13-7-5-11-21(23)25(30,24(27)29)16-20(28)15-14-18-8-2-1-3-9-18/h1-15,30H,16-17H2/b15-14+. The van der Waals surface area contributed by atoms with Crippen LogP contribution >= 0.6 is 11.6 Å². The van der Waals surface area contributed by atoms with Crippen molar-refractivity contribution in [1.29, 1.82) is 0 Å². The van der Waals surface area contributed by atoms with E-state index in [4.69, 9.17) is 11.6 Å². The average Bonchev–Trinajstić information content (AvgIpc) is 2.96. The van der Waals surface area contributed by atoms with Gasteiger partial charge in [-0.05, 0) is 29.3 Å². The molecule has 1 aliphatic rings. The maximum Gasteiger partial charge on any atom is 0.264 e. The molecule has 3 aromatic rings. The maximum absolute atomic E-state index is 13.3. The lowest BCUT2D eigenvalue weighted by Crippen LogP contribution is -2.41. The Morgan fingerprint density at radius 3 is 2.40 bits per heavy atom. The predicted octanol–water partition coefficient (Wildman–Crippen LogP) is 4.75. The van der Waals surface area contributed by atoms with Crippen molar-refractivity contribution in [2.45, 2.75) is 18.6 Å². The van der Waals surface area contributed by atoms with Gasteiger partial charge in [-0.15, -0.1) is 0 Å². The van der Waals surface area contributed by atoms with Crippen molar-refractivity contribution in [3.05, 3.63) is 107 Å². The van der Waals surface area contributed by atoms with E-state index in [2.05, 4.69) is 0 Å². The van der Waals surface area contributed by atoms with E-state index in [0.29, 0.717) is 16.3 Å². The molecule has 0 aromatic heterocycles. The topological polar surface area (TPSA) is 57.6 Å². The molecule has 0 fully saturated rings. The number of fused-ring (bicyclic) bond motifs is 1. The number of carbonyl (C=O) groups excluding carboxylic acids is 2. The molecular weight excluding hydrogens is 398 g/mol. The van der Waals surface area contributed by atoms with Gasteiger partial charge in [0, 0.05) is 10.6 Å². The van der Waals surface area contributed by atoms with Crippen molar-refractivity contribution in [2.24, 2.45) is 0 Å². The first-order valence-corrected chi connectivity index (χ1v) is 10.00. The molecule has 150 valence electrons. The van der Waals surface area contributed by atoms with Crippen LogP contribution in [0.4, 0.5) is 5.69 Å². The van der Waals surface area contributed by atoms with Gasteiger partial charge in [-0.3, -0.25) is 9.59 Å². The van der Waals surface area contributed by atoms with E-state index in [1.54, 1.807) is 36.4 Å². The Bertz CT molecular complexity index is 1130. The van der Waals surface area contributed by atoms with E-state index in [1.807, 2.05) is 48.5 Å². The molecule has 1 atom stereocenters. The fraction of sp³-hybridized carbons (Fsp3) is 0.120. The number of halogens is 1. The monoisotopic (exact) mass is 417 g/mol. The van der Waals surface area contributed by atoms with Gasteiger partial charge < -0.3 is 10.0 Å². The second kappa shape index (κ2) is 8.27. The summed E-state index contributed by atoms with van der Waals surface area (Å²) in [6, 6.07) is 23.7. The minimum absolute atomic E-state index is 0.214. The molecule has 1 amide bonds. The molecule has 30 heavy (non-hydrogen) atoms. The molecule has 0 saturated carbocycles. The third-order valence-electron chi connectivity index (χ3n) is 5.22. The number of rotatable bonds is 6. The van der Waals surface area contributed by atoms with Crippen LogP contribution in [0.1, 0.15) is 23.1 Å². The number of nitrogens with zero attached hydrogens (tertiary/aromatic N) is 1. The van der Waals surface area contributed by atoms with Gasteiger partial charge in [0.15, 0.2) is 11.4 Å². The van der Waals surface area contributed by atoms with Crippen LogP contribution in [0.5, 0.6) is 0 Å². The van der Waals surface area contributed by atoms with Gasteiger partial charge in [-0.25, -0.2) is 0 Å². The molecule has 0 bridgehead atoms. The van der Waals surface area contributed by atoms with Gasteiger partial charge in [0.2, 0.25) is 0 Å². The number of anilines is 1. The SMILES string of the molecule is O=C(/C=C/c1ccccc1)CC1(O)C(=O)N(Cc2ccccc2Cl)c2ccccc21. The first-order valence-electron chi connectivity index (χ1n) is 9.62. The largest absolute Gasteiger partial charge is 0.375 e. The van der Waals surface area contributed by atoms with Crippen molar-refractivity contribution in [2.75, 3.05) is 4.90 Å². The second-order valence-electron chi connectivity index (χ2n) is 7.25. The van der Waals surface area contributed by atoms with Crippen molar-refractivity contribution >= 4 is 35.1 Å². The van der Waals surface area contributed by atoms with Gasteiger partial charge in [0.1, 0.15) is 0 Å². The predicted molar refractivity (Wildman–Crippen MR) is 118 cm³/mol. The summed E-state index contributed by atoms with van der Waals surface area (Å²) in [6.45, 7) is 0.214. The van der Waals surface area contributed by atoms with Gasteiger partial charge in [0.05, 0.1) is 18.7 Å². The first-order chi connectivity index (χ1) is 14.5. The lowest BCUT2D eigenvalue weighted by molar-refractivity contribution is -0.140. The lowest BCUT2D eigenvalue weighted by atomic mass is 9.89. The van der Waals surface area contributed by atoms with Crippen LogP contribution < -0.4 is 4.90 Å². The maximum atomic E-state index is 13.3. The summed E-state index contributed by atoms with van der Waals surface area (Å²) in [4.78, 5) is 27.4. The molecule has 1 aliphatic heterocycles. The molecule has 0 saturated heterocycles. The number of hydrogen-bond acceptors (Lipinski definition) is 3. The summed E-state index contributed by atoms with van der Waals surface area (Å²) in [5.41, 5.74) is 0.752. The quantitative estimate of drug-likeness (QED) is 0.589. The minimum Gasteiger partial charge on any atom is -0.375 e. The summed E-state index contributed by atoms with van der Waals surface area (Å²) in [7, 11) is 0. The van der Waals surface area contributed by atoms with Gasteiger partial charge >= 0.3 is 0 Å². The summed E-state index contributed by atoms with van der Waals surface area (Å²) in [6.07, 6.45) is 2.75. The molecule has 0 aliphatic carbocycles. The molecule has 1 heterocycles. The van der Waals surface area contributed by atoms with E-state index < -0.39 is 11.5 Å². The average molecular weight is 418 g/mol. The highest BCUT2D eigenvalue weighted by Crippen LogP contribution is 2.43. The van der Waals surface area contributed by atoms with Crippen molar-refractivity contribution in [3.63, 3.8) is 0 Å². The molecule has 0 radical (unpaired) electrons.